The van der Waals surface area contributed by atoms with Gasteiger partial charge in [-0.25, -0.2) is 4.39 Å². The van der Waals surface area contributed by atoms with Gasteiger partial charge in [0.25, 0.3) is 0 Å². The monoisotopic (exact) mass is 250 g/mol. The Bertz CT molecular complexity index is 428. The van der Waals surface area contributed by atoms with Crippen LogP contribution >= 0.6 is 0 Å². The van der Waals surface area contributed by atoms with Crippen LogP contribution in [-0.2, 0) is 4.79 Å². The van der Waals surface area contributed by atoms with Crippen LogP contribution in [0.1, 0.15) is 38.5 Å². The second-order valence-corrected chi connectivity index (χ2v) is 4.99. The molecule has 0 saturated heterocycles. The van der Waals surface area contributed by atoms with Crippen LogP contribution in [-0.4, -0.2) is 5.91 Å². The van der Waals surface area contributed by atoms with Crippen molar-refractivity contribution in [2.45, 2.75) is 38.5 Å². The van der Waals surface area contributed by atoms with Gasteiger partial charge in [0.2, 0.25) is 5.91 Å². The second kappa shape index (κ2) is 5.85. The maximum atomic E-state index is 12.9. The molecule has 1 aromatic rings. The van der Waals surface area contributed by atoms with Gasteiger partial charge < -0.3 is 11.1 Å². The van der Waals surface area contributed by atoms with Crippen molar-refractivity contribution in [2.24, 2.45) is 5.92 Å². The molecule has 0 heterocycles. The largest absolute Gasteiger partial charge is 0.397 e. The lowest BCUT2D eigenvalue weighted by molar-refractivity contribution is -0.117. The first-order valence-electron chi connectivity index (χ1n) is 6.50. The fraction of sp³-hybridized carbons (Fsp3) is 0.500. The number of benzene rings is 1. The summed E-state index contributed by atoms with van der Waals surface area (Å²) in [4.78, 5) is 11.9. The molecule has 0 atom stereocenters. The number of rotatable bonds is 3. The summed E-state index contributed by atoms with van der Waals surface area (Å²) in [5.41, 5.74) is 6.42. The average Bonchev–Trinajstić information content (AvgIpc) is 2.34. The Hall–Kier alpha value is -1.58. The zero-order chi connectivity index (χ0) is 13.0. The maximum Gasteiger partial charge on any atom is 0.224 e. The number of nitrogens with one attached hydrogen (secondary N) is 1. The van der Waals surface area contributed by atoms with Crippen molar-refractivity contribution < 1.29 is 9.18 Å². The number of carbonyl (C=O) groups is 1. The normalized spacial score (nSPS) is 16.5. The van der Waals surface area contributed by atoms with Crippen LogP contribution in [0.25, 0.3) is 0 Å². The van der Waals surface area contributed by atoms with Crippen LogP contribution in [0.4, 0.5) is 15.8 Å². The van der Waals surface area contributed by atoms with Gasteiger partial charge >= 0.3 is 0 Å². The van der Waals surface area contributed by atoms with E-state index in [0.717, 1.165) is 12.8 Å². The highest BCUT2D eigenvalue weighted by Crippen LogP contribution is 2.27. The van der Waals surface area contributed by atoms with Crippen molar-refractivity contribution in [2.75, 3.05) is 11.1 Å². The van der Waals surface area contributed by atoms with Crippen LogP contribution in [0.2, 0.25) is 0 Å². The lowest BCUT2D eigenvalue weighted by atomic mass is 9.87. The van der Waals surface area contributed by atoms with Crippen LogP contribution in [0.3, 0.4) is 0 Å². The Balaban J connectivity index is 1.90. The van der Waals surface area contributed by atoms with E-state index in [2.05, 4.69) is 5.32 Å². The van der Waals surface area contributed by atoms with Crippen molar-refractivity contribution >= 4 is 17.3 Å². The molecule has 3 nitrogen and oxygen atoms in total. The summed E-state index contributed by atoms with van der Waals surface area (Å²) in [6.07, 6.45) is 6.52. The van der Waals surface area contributed by atoms with Crippen LogP contribution in [0.15, 0.2) is 18.2 Å². The molecule has 0 aliphatic heterocycles. The first kappa shape index (κ1) is 12.9. The molecule has 1 saturated carbocycles. The quantitative estimate of drug-likeness (QED) is 0.808. The summed E-state index contributed by atoms with van der Waals surface area (Å²) in [6, 6.07) is 4.02. The Morgan fingerprint density at radius 3 is 2.72 bits per heavy atom. The molecule has 1 aliphatic carbocycles. The van der Waals surface area contributed by atoms with Gasteiger partial charge in [-0.3, -0.25) is 4.79 Å². The second-order valence-electron chi connectivity index (χ2n) is 4.99. The minimum absolute atomic E-state index is 0.0276. The summed E-state index contributed by atoms with van der Waals surface area (Å²) in [7, 11) is 0. The molecule has 0 bridgehead atoms. The highest BCUT2D eigenvalue weighted by Gasteiger charge is 2.17. The zero-order valence-electron chi connectivity index (χ0n) is 10.4. The van der Waals surface area contributed by atoms with E-state index in [1.54, 1.807) is 0 Å². The number of carbonyl (C=O) groups excluding carboxylic acids is 1. The van der Waals surface area contributed by atoms with E-state index in [9.17, 15) is 9.18 Å². The van der Waals surface area contributed by atoms with Crippen molar-refractivity contribution in [3.63, 3.8) is 0 Å². The third-order valence-electron chi connectivity index (χ3n) is 3.49. The number of hydrogen-bond acceptors (Lipinski definition) is 2. The van der Waals surface area contributed by atoms with Crippen LogP contribution in [0, 0.1) is 11.7 Å². The summed E-state index contributed by atoms with van der Waals surface area (Å²) in [5, 5.41) is 2.75. The Morgan fingerprint density at radius 2 is 2.06 bits per heavy atom. The van der Waals surface area contributed by atoms with Gasteiger partial charge in [-0.15, -0.1) is 0 Å². The number of amides is 1. The van der Waals surface area contributed by atoms with Gasteiger partial charge in [0.15, 0.2) is 0 Å². The molecule has 98 valence electrons. The molecular formula is C14H19FN2O. The minimum Gasteiger partial charge on any atom is -0.397 e. The third kappa shape index (κ3) is 3.45. The molecule has 4 heteroatoms. The van der Waals surface area contributed by atoms with E-state index in [1.165, 1.54) is 37.5 Å². The number of nitrogen functional groups attached to an aromatic ring is 1. The molecule has 0 radical (unpaired) electrons. The molecule has 2 rings (SSSR count). The van der Waals surface area contributed by atoms with Crippen molar-refractivity contribution in [3.8, 4) is 0 Å². The smallest absolute Gasteiger partial charge is 0.224 e. The fourth-order valence-electron chi connectivity index (χ4n) is 2.50. The molecule has 1 aromatic carbocycles. The molecule has 18 heavy (non-hydrogen) atoms. The van der Waals surface area contributed by atoms with Crippen molar-refractivity contribution in [1.82, 2.24) is 0 Å². The Morgan fingerprint density at radius 1 is 1.33 bits per heavy atom. The van der Waals surface area contributed by atoms with Crippen LogP contribution in [0.5, 0.6) is 0 Å². The first-order chi connectivity index (χ1) is 8.65. The minimum atomic E-state index is -0.391. The van der Waals surface area contributed by atoms with E-state index in [-0.39, 0.29) is 11.6 Å². The highest BCUT2D eigenvalue weighted by atomic mass is 19.1. The summed E-state index contributed by atoms with van der Waals surface area (Å²) in [6.45, 7) is 0. The highest BCUT2D eigenvalue weighted by molar-refractivity contribution is 5.93. The predicted molar refractivity (Wildman–Crippen MR) is 70.6 cm³/mol. The first-order valence-corrected chi connectivity index (χ1v) is 6.50. The number of halogens is 1. The topological polar surface area (TPSA) is 55.1 Å². The number of anilines is 2. The van der Waals surface area contributed by atoms with Gasteiger partial charge in [0, 0.05) is 6.42 Å². The van der Waals surface area contributed by atoms with Gasteiger partial charge in [-0.05, 0) is 37.0 Å². The lowest BCUT2D eigenvalue weighted by Gasteiger charge is -2.21. The van der Waals surface area contributed by atoms with E-state index in [1.807, 2.05) is 0 Å². The summed E-state index contributed by atoms with van der Waals surface area (Å²) >= 11 is 0. The van der Waals surface area contributed by atoms with Gasteiger partial charge in [-0.1, -0.05) is 19.3 Å². The van der Waals surface area contributed by atoms with Crippen LogP contribution < -0.4 is 11.1 Å². The van der Waals surface area contributed by atoms with E-state index in [4.69, 9.17) is 5.73 Å². The zero-order valence-corrected chi connectivity index (χ0v) is 10.4. The summed E-state index contributed by atoms with van der Waals surface area (Å²) in [5.74, 6) is 0.0680. The molecule has 0 unspecified atom stereocenters. The van der Waals surface area contributed by atoms with E-state index in [0.29, 0.717) is 18.0 Å². The molecule has 0 spiro atoms. The van der Waals surface area contributed by atoms with Crippen molar-refractivity contribution in [1.29, 1.82) is 0 Å². The van der Waals surface area contributed by atoms with Gasteiger partial charge in [0.05, 0.1) is 11.4 Å². The summed E-state index contributed by atoms with van der Waals surface area (Å²) < 4.78 is 12.9. The van der Waals surface area contributed by atoms with E-state index < -0.39 is 5.82 Å². The number of nitrogens with two attached hydrogens (primary N) is 1. The molecular weight excluding hydrogens is 231 g/mol. The number of hydrogen-bond donors (Lipinski definition) is 2. The Labute approximate surface area is 107 Å². The molecule has 1 amide bonds. The molecule has 1 fully saturated rings. The predicted octanol–water partition coefficient (Wildman–Crippen LogP) is 3.32. The SMILES string of the molecule is Nc1cc(F)ccc1NC(=O)CC1CCCCC1. The lowest BCUT2D eigenvalue weighted by Crippen LogP contribution is -2.18. The standard InChI is InChI=1S/C14H19FN2O/c15-11-6-7-13(12(16)9-11)17-14(18)8-10-4-2-1-3-5-10/h6-7,9-10H,1-5,8,16H2,(H,17,18). The van der Waals surface area contributed by atoms with Crippen molar-refractivity contribution in [3.05, 3.63) is 24.0 Å². The fourth-order valence-corrected chi connectivity index (χ4v) is 2.50. The maximum absolute atomic E-state index is 12.9. The van der Waals surface area contributed by atoms with E-state index >= 15 is 0 Å². The van der Waals surface area contributed by atoms with Gasteiger partial charge in [0.1, 0.15) is 5.82 Å². The molecule has 3 N–H and O–H groups in total. The van der Waals surface area contributed by atoms with Gasteiger partial charge in [-0.2, -0.15) is 0 Å². The Kier molecular flexibility index (Phi) is 4.18. The average molecular weight is 250 g/mol. The molecule has 1 aliphatic rings. The molecule has 0 aromatic heterocycles. The third-order valence-corrected chi connectivity index (χ3v) is 3.49.